The van der Waals surface area contributed by atoms with E-state index in [2.05, 4.69) is 6.92 Å². The third-order valence-corrected chi connectivity index (χ3v) is 2.88. The fourth-order valence-corrected chi connectivity index (χ4v) is 1.89. The number of unbranched alkanes of at least 4 members (excludes halogenated alkanes) is 2. The summed E-state index contributed by atoms with van der Waals surface area (Å²) in [5.41, 5.74) is 7.59. The third kappa shape index (κ3) is 4.67. The molecule has 18 heavy (non-hydrogen) atoms. The standard InChI is InChI=1S/C14H21NO2.ClH/c1-3-4-5-10-13(15)11-8-6-7-9-12(11)14(16)17-2;/h6-9,13H,3-5,10,15H2,1-2H3;1H/t13-;/m0./s1. The second-order valence-corrected chi connectivity index (χ2v) is 4.18. The quantitative estimate of drug-likeness (QED) is 0.637. The van der Waals surface area contributed by atoms with Crippen molar-refractivity contribution in [3.63, 3.8) is 0 Å². The summed E-state index contributed by atoms with van der Waals surface area (Å²) in [5, 5.41) is 0. The minimum Gasteiger partial charge on any atom is -0.465 e. The maximum Gasteiger partial charge on any atom is 0.338 e. The highest BCUT2D eigenvalue weighted by atomic mass is 35.5. The molecule has 0 spiro atoms. The highest BCUT2D eigenvalue weighted by Crippen LogP contribution is 2.21. The van der Waals surface area contributed by atoms with Gasteiger partial charge in [0, 0.05) is 6.04 Å². The third-order valence-electron chi connectivity index (χ3n) is 2.88. The van der Waals surface area contributed by atoms with Crippen LogP contribution in [0.15, 0.2) is 24.3 Å². The summed E-state index contributed by atoms with van der Waals surface area (Å²) in [6.07, 6.45) is 4.34. The number of halogens is 1. The topological polar surface area (TPSA) is 52.3 Å². The van der Waals surface area contributed by atoms with Crippen molar-refractivity contribution >= 4 is 18.4 Å². The van der Waals surface area contributed by atoms with Gasteiger partial charge in [0.15, 0.2) is 0 Å². The highest BCUT2D eigenvalue weighted by molar-refractivity contribution is 5.91. The molecule has 1 atom stereocenters. The summed E-state index contributed by atoms with van der Waals surface area (Å²) in [5.74, 6) is -0.313. The molecule has 102 valence electrons. The Kier molecular flexibility index (Phi) is 8.42. The van der Waals surface area contributed by atoms with Crippen molar-refractivity contribution in [2.75, 3.05) is 7.11 Å². The van der Waals surface area contributed by atoms with Crippen LogP contribution in [-0.2, 0) is 4.74 Å². The summed E-state index contributed by atoms with van der Waals surface area (Å²) in [6.45, 7) is 2.16. The van der Waals surface area contributed by atoms with Crippen molar-refractivity contribution in [3.05, 3.63) is 35.4 Å². The predicted octanol–water partition coefficient (Wildman–Crippen LogP) is 3.48. The molecule has 2 N–H and O–H groups in total. The number of nitrogens with two attached hydrogens (primary N) is 1. The monoisotopic (exact) mass is 271 g/mol. The Morgan fingerprint density at radius 1 is 1.33 bits per heavy atom. The van der Waals surface area contributed by atoms with Crippen molar-refractivity contribution in [1.82, 2.24) is 0 Å². The molecule has 0 aliphatic rings. The van der Waals surface area contributed by atoms with Crippen molar-refractivity contribution in [1.29, 1.82) is 0 Å². The van der Waals surface area contributed by atoms with Gasteiger partial charge >= 0.3 is 5.97 Å². The fourth-order valence-electron chi connectivity index (χ4n) is 1.89. The van der Waals surface area contributed by atoms with Gasteiger partial charge in [0.25, 0.3) is 0 Å². The van der Waals surface area contributed by atoms with E-state index in [1.807, 2.05) is 18.2 Å². The molecule has 0 unspecified atom stereocenters. The Morgan fingerprint density at radius 3 is 2.61 bits per heavy atom. The maximum absolute atomic E-state index is 11.6. The smallest absolute Gasteiger partial charge is 0.338 e. The van der Waals surface area contributed by atoms with E-state index in [9.17, 15) is 4.79 Å². The van der Waals surface area contributed by atoms with Gasteiger partial charge in [0.05, 0.1) is 12.7 Å². The molecule has 0 fully saturated rings. The summed E-state index contributed by atoms with van der Waals surface area (Å²) >= 11 is 0. The zero-order chi connectivity index (χ0) is 12.7. The van der Waals surface area contributed by atoms with Crippen molar-refractivity contribution < 1.29 is 9.53 Å². The molecule has 4 heteroatoms. The van der Waals surface area contributed by atoms with Gasteiger partial charge < -0.3 is 10.5 Å². The van der Waals surface area contributed by atoms with Gasteiger partial charge in [-0.15, -0.1) is 12.4 Å². The SMILES string of the molecule is CCCCC[C@H](N)c1ccccc1C(=O)OC.Cl. The van der Waals surface area contributed by atoms with Crippen molar-refractivity contribution in [2.24, 2.45) is 5.73 Å². The Labute approximate surface area is 115 Å². The van der Waals surface area contributed by atoms with E-state index in [1.165, 1.54) is 20.0 Å². The lowest BCUT2D eigenvalue weighted by Crippen LogP contribution is -2.15. The summed E-state index contributed by atoms with van der Waals surface area (Å²) in [7, 11) is 1.39. The molecule has 1 rings (SSSR count). The van der Waals surface area contributed by atoms with Crippen LogP contribution in [0.3, 0.4) is 0 Å². The minimum absolute atomic E-state index is 0. The van der Waals surface area contributed by atoms with Gasteiger partial charge in [-0.3, -0.25) is 0 Å². The number of carbonyl (C=O) groups is 1. The minimum atomic E-state index is -0.313. The van der Waals surface area contributed by atoms with E-state index in [0.29, 0.717) is 5.56 Å². The highest BCUT2D eigenvalue weighted by Gasteiger charge is 2.15. The van der Waals surface area contributed by atoms with Gasteiger partial charge in [0.2, 0.25) is 0 Å². The van der Waals surface area contributed by atoms with Gasteiger partial charge in [-0.2, -0.15) is 0 Å². The molecular formula is C14H22ClNO2. The van der Waals surface area contributed by atoms with Crippen LogP contribution in [-0.4, -0.2) is 13.1 Å². The molecular weight excluding hydrogens is 250 g/mol. The lowest BCUT2D eigenvalue weighted by Gasteiger charge is -2.15. The summed E-state index contributed by atoms with van der Waals surface area (Å²) in [4.78, 5) is 11.6. The van der Waals surface area contributed by atoms with Crippen molar-refractivity contribution in [2.45, 2.75) is 38.6 Å². The number of benzene rings is 1. The van der Waals surface area contributed by atoms with E-state index in [1.54, 1.807) is 6.07 Å². The Hall–Kier alpha value is -1.06. The first-order chi connectivity index (χ1) is 8.20. The molecule has 1 aromatic carbocycles. The lowest BCUT2D eigenvalue weighted by molar-refractivity contribution is 0.0599. The molecule has 0 heterocycles. The number of rotatable bonds is 6. The molecule has 0 saturated heterocycles. The van der Waals surface area contributed by atoms with Crippen LogP contribution in [0.2, 0.25) is 0 Å². The average Bonchev–Trinajstić information content (AvgIpc) is 2.38. The number of ether oxygens (including phenoxy) is 1. The zero-order valence-corrected chi connectivity index (χ0v) is 11.8. The Morgan fingerprint density at radius 2 is 2.00 bits per heavy atom. The van der Waals surface area contributed by atoms with Crippen LogP contribution in [0, 0.1) is 0 Å². The van der Waals surface area contributed by atoms with Gasteiger partial charge in [-0.1, -0.05) is 44.4 Å². The predicted molar refractivity (Wildman–Crippen MR) is 76.1 cm³/mol. The lowest BCUT2D eigenvalue weighted by atomic mass is 9.96. The van der Waals surface area contributed by atoms with Crippen LogP contribution in [0.1, 0.15) is 54.6 Å². The first kappa shape index (κ1) is 16.9. The number of esters is 1. The van der Waals surface area contributed by atoms with E-state index in [0.717, 1.165) is 18.4 Å². The van der Waals surface area contributed by atoms with Crippen LogP contribution in [0.5, 0.6) is 0 Å². The molecule has 0 aliphatic carbocycles. The van der Waals surface area contributed by atoms with Crippen LogP contribution < -0.4 is 5.73 Å². The normalized spacial score (nSPS) is 11.5. The van der Waals surface area contributed by atoms with E-state index in [4.69, 9.17) is 10.5 Å². The van der Waals surface area contributed by atoms with E-state index < -0.39 is 0 Å². The van der Waals surface area contributed by atoms with Crippen LogP contribution in [0.25, 0.3) is 0 Å². The summed E-state index contributed by atoms with van der Waals surface area (Å²) in [6, 6.07) is 7.32. The van der Waals surface area contributed by atoms with Crippen LogP contribution in [0.4, 0.5) is 0 Å². The second-order valence-electron chi connectivity index (χ2n) is 4.18. The molecule has 0 saturated carbocycles. The second kappa shape index (κ2) is 8.95. The maximum atomic E-state index is 11.6. The molecule has 0 aliphatic heterocycles. The molecule has 0 amide bonds. The van der Waals surface area contributed by atoms with Gasteiger partial charge in [-0.25, -0.2) is 4.79 Å². The first-order valence-electron chi connectivity index (χ1n) is 6.13. The zero-order valence-electron chi connectivity index (χ0n) is 11.0. The average molecular weight is 272 g/mol. The van der Waals surface area contributed by atoms with Gasteiger partial charge in [0.1, 0.15) is 0 Å². The van der Waals surface area contributed by atoms with E-state index in [-0.39, 0.29) is 24.4 Å². The number of hydrogen-bond acceptors (Lipinski definition) is 3. The van der Waals surface area contributed by atoms with Crippen LogP contribution >= 0.6 is 12.4 Å². The molecule has 1 aromatic rings. The van der Waals surface area contributed by atoms with Crippen molar-refractivity contribution in [3.8, 4) is 0 Å². The summed E-state index contributed by atoms with van der Waals surface area (Å²) < 4.78 is 4.76. The van der Waals surface area contributed by atoms with Gasteiger partial charge in [-0.05, 0) is 18.1 Å². The first-order valence-corrected chi connectivity index (χ1v) is 6.13. The Bertz CT molecular complexity index is 369. The molecule has 0 aromatic heterocycles. The molecule has 0 bridgehead atoms. The molecule has 0 radical (unpaired) electrons. The number of methoxy groups -OCH3 is 1. The number of hydrogen-bond donors (Lipinski definition) is 1. The largest absolute Gasteiger partial charge is 0.465 e. The number of carbonyl (C=O) groups excluding carboxylic acids is 1. The Balaban J connectivity index is 0.00000289. The van der Waals surface area contributed by atoms with E-state index >= 15 is 0 Å². The molecule has 3 nitrogen and oxygen atoms in total. The fraction of sp³-hybridized carbons (Fsp3) is 0.500.